The Morgan fingerprint density at radius 2 is 2.00 bits per heavy atom. The molecule has 1 heterocycles. The van der Waals surface area contributed by atoms with Gasteiger partial charge in [0.05, 0.1) is 12.5 Å². The summed E-state index contributed by atoms with van der Waals surface area (Å²) in [6, 6.07) is 11.9. The molecular weight excluding hydrogens is 244 g/mol. The van der Waals surface area contributed by atoms with Crippen molar-refractivity contribution in [3.05, 3.63) is 52.2 Å². The molecule has 0 saturated heterocycles. The summed E-state index contributed by atoms with van der Waals surface area (Å²) in [7, 11) is 1.65. The minimum Gasteiger partial charge on any atom is -0.497 e. The summed E-state index contributed by atoms with van der Waals surface area (Å²) >= 11 is 1.63. The molecule has 0 aliphatic rings. The van der Waals surface area contributed by atoms with Gasteiger partial charge in [-0.3, -0.25) is 0 Å². The lowest BCUT2D eigenvalue weighted by Crippen LogP contribution is -2.25. The highest BCUT2D eigenvalue weighted by Gasteiger charge is 2.27. The fraction of sp³-hybridized carbons (Fsp3) is 0.267. The first-order valence-corrected chi connectivity index (χ1v) is 6.69. The quantitative estimate of drug-likeness (QED) is 0.770. The summed E-state index contributed by atoms with van der Waals surface area (Å²) in [6.07, 6.45) is 1.75. The van der Waals surface area contributed by atoms with Gasteiger partial charge in [-0.2, -0.15) is 0 Å². The highest BCUT2D eigenvalue weighted by molar-refractivity contribution is 7.10. The van der Waals surface area contributed by atoms with E-state index in [2.05, 4.69) is 0 Å². The molecule has 0 bridgehead atoms. The van der Waals surface area contributed by atoms with Crippen molar-refractivity contribution >= 4 is 17.6 Å². The van der Waals surface area contributed by atoms with Crippen molar-refractivity contribution in [1.29, 1.82) is 0 Å². The molecule has 0 radical (unpaired) electrons. The molecule has 0 amide bonds. The first-order chi connectivity index (χ1) is 8.68. The second-order valence-corrected chi connectivity index (χ2v) is 5.49. The molecule has 0 saturated carbocycles. The van der Waals surface area contributed by atoms with E-state index in [9.17, 15) is 4.79 Å². The van der Waals surface area contributed by atoms with E-state index in [1.165, 1.54) is 0 Å². The molecular formula is C15H16O2S. The Morgan fingerprint density at radius 3 is 2.50 bits per heavy atom. The van der Waals surface area contributed by atoms with Crippen LogP contribution in [0.5, 0.6) is 5.75 Å². The van der Waals surface area contributed by atoms with Gasteiger partial charge in [-0.05, 0) is 42.5 Å². The Kier molecular flexibility index (Phi) is 3.82. The minimum atomic E-state index is -0.442. The van der Waals surface area contributed by atoms with E-state index >= 15 is 0 Å². The Hall–Kier alpha value is -1.61. The normalized spacial score (nSPS) is 13.9. The molecule has 1 aromatic heterocycles. The lowest BCUT2D eigenvalue weighted by atomic mass is 9.83. The van der Waals surface area contributed by atoms with Crippen molar-refractivity contribution in [2.24, 2.45) is 0 Å². The Labute approximate surface area is 111 Å². The molecule has 0 aliphatic heterocycles. The van der Waals surface area contributed by atoms with Gasteiger partial charge in [-0.1, -0.05) is 18.2 Å². The summed E-state index contributed by atoms with van der Waals surface area (Å²) in [4.78, 5) is 12.5. The standard InChI is InChI=1S/C15H16O2S/c1-15(11-16,14-4-3-9-18-14)10-12-5-7-13(17-2)8-6-12/h3-9,11H,10H2,1-2H3. The number of carbonyl (C=O) groups excluding carboxylic acids is 1. The molecule has 18 heavy (non-hydrogen) atoms. The molecule has 0 aliphatic carbocycles. The summed E-state index contributed by atoms with van der Waals surface area (Å²) in [6.45, 7) is 1.98. The fourth-order valence-corrected chi connectivity index (χ4v) is 2.81. The van der Waals surface area contributed by atoms with Crippen LogP contribution in [0.25, 0.3) is 0 Å². The van der Waals surface area contributed by atoms with Crippen LogP contribution in [-0.4, -0.2) is 13.4 Å². The summed E-state index contributed by atoms with van der Waals surface area (Å²) < 4.78 is 5.13. The van der Waals surface area contributed by atoms with Crippen LogP contribution in [0.4, 0.5) is 0 Å². The van der Waals surface area contributed by atoms with Crippen LogP contribution in [0, 0.1) is 0 Å². The summed E-state index contributed by atoms with van der Waals surface area (Å²) in [5, 5.41) is 2.01. The van der Waals surface area contributed by atoms with Crippen molar-refractivity contribution in [2.75, 3.05) is 7.11 Å². The van der Waals surface area contributed by atoms with Gasteiger partial charge in [-0.25, -0.2) is 0 Å². The van der Waals surface area contributed by atoms with Gasteiger partial charge in [0, 0.05) is 4.88 Å². The third-order valence-corrected chi connectivity index (χ3v) is 4.22. The van der Waals surface area contributed by atoms with Crippen molar-refractivity contribution in [3.8, 4) is 5.75 Å². The highest BCUT2D eigenvalue weighted by atomic mass is 32.1. The molecule has 1 unspecified atom stereocenters. The predicted molar refractivity (Wildman–Crippen MR) is 74.4 cm³/mol. The smallest absolute Gasteiger partial charge is 0.131 e. The predicted octanol–water partition coefficient (Wildman–Crippen LogP) is 3.46. The number of hydrogen-bond acceptors (Lipinski definition) is 3. The maximum Gasteiger partial charge on any atom is 0.131 e. The number of aldehydes is 1. The van der Waals surface area contributed by atoms with Gasteiger partial charge in [-0.15, -0.1) is 11.3 Å². The number of carbonyl (C=O) groups is 1. The van der Waals surface area contributed by atoms with Crippen LogP contribution in [0.1, 0.15) is 17.4 Å². The van der Waals surface area contributed by atoms with Gasteiger partial charge in [0.1, 0.15) is 12.0 Å². The Balaban J connectivity index is 2.22. The van der Waals surface area contributed by atoms with Crippen LogP contribution < -0.4 is 4.74 Å². The van der Waals surface area contributed by atoms with Gasteiger partial charge in [0.2, 0.25) is 0 Å². The van der Waals surface area contributed by atoms with E-state index in [4.69, 9.17) is 4.74 Å². The van der Waals surface area contributed by atoms with E-state index < -0.39 is 5.41 Å². The first kappa shape index (κ1) is 12.8. The van der Waals surface area contributed by atoms with Crippen molar-refractivity contribution in [1.82, 2.24) is 0 Å². The van der Waals surface area contributed by atoms with Crippen molar-refractivity contribution in [2.45, 2.75) is 18.8 Å². The van der Waals surface area contributed by atoms with Gasteiger partial charge in [0.15, 0.2) is 0 Å². The van der Waals surface area contributed by atoms with Crippen molar-refractivity contribution in [3.63, 3.8) is 0 Å². The third kappa shape index (κ3) is 2.62. The zero-order valence-electron chi connectivity index (χ0n) is 10.6. The topological polar surface area (TPSA) is 26.3 Å². The summed E-state index contributed by atoms with van der Waals surface area (Å²) in [5.41, 5.74) is 0.696. The van der Waals surface area contributed by atoms with E-state index in [-0.39, 0.29) is 0 Å². The average Bonchev–Trinajstić information content (AvgIpc) is 2.94. The van der Waals surface area contributed by atoms with Crippen LogP contribution >= 0.6 is 11.3 Å². The zero-order chi connectivity index (χ0) is 13.0. The first-order valence-electron chi connectivity index (χ1n) is 5.81. The third-order valence-electron chi connectivity index (χ3n) is 3.07. The number of thiophene rings is 1. The molecule has 3 heteroatoms. The molecule has 94 valence electrons. The minimum absolute atomic E-state index is 0.442. The van der Waals surface area contributed by atoms with Crippen molar-refractivity contribution < 1.29 is 9.53 Å². The van der Waals surface area contributed by atoms with Crippen LogP contribution in [0.2, 0.25) is 0 Å². The maximum absolute atomic E-state index is 11.4. The second kappa shape index (κ2) is 5.36. The number of benzene rings is 1. The molecule has 1 atom stereocenters. The Morgan fingerprint density at radius 1 is 1.28 bits per heavy atom. The number of methoxy groups -OCH3 is 1. The molecule has 0 spiro atoms. The molecule has 1 aromatic carbocycles. The van der Waals surface area contributed by atoms with E-state index in [1.807, 2.05) is 48.7 Å². The fourth-order valence-electron chi connectivity index (χ4n) is 1.96. The zero-order valence-corrected chi connectivity index (χ0v) is 11.4. The molecule has 2 nitrogen and oxygen atoms in total. The van der Waals surface area contributed by atoms with Crippen LogP contribution in [0.15, 0.2) is 41.8 Å². The Bertz CT molecular complexity index is 502. The molecule has 0 fully saturated rings. The largest absolute Gasteiger partial charge is 0.497 e. The van der Waals surface area contributed by atoms with E-state index in [0.717, 1.165) is 22.5 Å². The average molecular weight is 260 g/mol. The lowest BCUT2D eigenvalue weighted by Gasteiger charge is -2.21. The molecule has 2 aromatic rings. The van der Waals surface area contributed by atoms with E-state index in [0.29, 0.717) is 6.42 Å². The van der Waals surface area contributed by atoms with Crippen LogP contribution in [-0.2, 0) is 16.6 Å². The molecule has 2 rings (SSSR count). The monoisotopic (exact) mass is 260 g/mol. The SMILES string of the molecule is COc1ccc(CC(C)(C=O)c2cccs2)cc1. The van der Waals surface area contributed by atoms with Crippen LogP contribution in [0.3, 0.4) is 0 Å². The number of rotatable bonds is 5. The number of hydrogen-bond donors (Lipinski definition) is 0. The summed E-state index contributed by atoms with van der Waals surface area (Å²) in [5.74, 6) is 0.836. The van der Waals surface area contributed by atoms with Gasteiger partial charge >= 0.3 is 0 Å². The maximum atomic E-state index is 11.4. The lowest BCUT2D eigenvalue weighted by molar-refractivity contribution is -0.112. The second-order valence-electron chi connectivity index (χ2n) is 4.54. The number of ether oxygens (including phenoxy) is 1. The highest BCUT2D eigenvalue weighted by Crippen LogP contribution is 2.30. The van der Waals surface area contributed by atoms with Gasteiger partial charge in [0.25, 0.3) is 0 Å². The molecule has 0 N–H and O–H groups in total. The van der Waals surface area contributed by atoms with E-state index in [1.54, 1.807) is 18.4 Å². The van der Waals surface area contributed by atoms with Gasteiger partial charge < -0.3 is 9.53 Å².